The van der Waals surface area contributed by atoms with Crippen molar-refractivity contribution in [1.82, 2.24) is 4.90 Å². The first-order chi connectivity index (χ1) is 10.3. The monoisotopic (exact) mass is 281 g/mol. The van der Waals surface area contributed by atoms with Gasteiger partial charge in [-0.1, -0.05) is 74.5 Å². The maximum Gasteiger partial charge on any atom is 0.361 e. The van der Waals surface area contributed by atoms with Gasteiger partial charge in [-0.3, -0.25) is 0 Å². The highest BCUT2D eigenvalue weighted by Gasteiger charge is 2.20. The molecule has 2 aromatic carbocycles. The van der Waals surface area contributed by atoms with E-state index in [0.717, 1.165) is 26.2 Å². The van der Waals surface area contributed by atoms with Gasteiger partial charge in [0, 0.05) is 13.2 Å². The number of nitrogens with zero attached hydrogens (tertiary/aromatic N) is 1. The fraction of sp³-hybridized carbons (Fsp3) is 0.333. The summed E-state index contributed by atoms with van der Waals surface area (Å²) in [5.41, 5.74) is 2.42. The molecule has 0 heterocycles. The average Bonchev–Trinajstić information content (AvgIpc) is 2.57. The van der Waals surface area contributed by atoms with E-state index in [2.05, 4.69) is 67.3 Å². The van der Waals surface area contributed by atoms with Crippen LogP contribution in [0, 0.1) is 0 Å². The summed E-state index contributed by atoms with van der Waals surface area (Å²) in [6.45, 7) is 8.26. The van der Waals surface area contributed by atoms with Gasteiger partial charge in [0.15, 0.2) is 0 Å². The van der Waals surface area contributed by atoms with Crippen LogP contribution in [0.25, 0.3) is 0 Å². The SMILES string of the molecule is CCN(CC)CCOB(c1ccccc1)c1ccccc1. The van der Waals surface area contributed by atoms with Crippen LogP contribution in [0.1, 0.15) is 13.8 Å². The van der Waals surface area contributed by atoms with E-state index >= 15 is 0 Å². The maximum absolute atomic E-state index is 6.21. The zero-order chi connectivity index (χ0) is 14.9. The Hall–Kier alpha value is -1.58. The van der Waals surface area contributed by atoms with Gasteiger partial charge in [-0.25, -0.2) is 0 Å². The lowest BCUT2D eigenvalue weighted by Crippen LogP contribution is -2.46. The first-order valence-electron chi connectivity index (χ1n) is 7.79. The van der Waals surface area contributed by atoms with Crippen molar-refractivity contribution in [2.75, 3.05) is 26.2 Å². The zero-order valence-electron chi connectivity index (χ0n) is 13.0. The Morgan fingerprint density at radius 1 is 0.810 bits per heavy atom. The molecule has 3 heteroatoms. The fourth-order valence-corrected chi connectivity index (χ4v) is 2.48. The smallest absolute Gasteiger partial charge is 0.361 e. The molecule has 110 valence electrons. The molecule has 0 aliphatic carbocycles. The molecule has 0 spiro atoms. The number of hydrogen-bond acceptors (Lipinski definition) is 2. The molecule has 21 heavy (non-hydrogen) atoms. The first kappa shape index (κ1) is 15.8. The Balaban J connectivity index is 2.07. The third kappa shape index (κ3) is 4.73. The lowest BCUT2D eigenvalue weighted by atomic mass is 9.55. The van der Waals surface area contributed by atoms with Crippen molar-refractivity contribution < 1.29 is 4.65 Å². The van der Waals surface area contributed by atoms with E-state index in [4.69, 9.17) is 4.65 Å². The predicted octanol–water partition coefficient (Wildman–Crippen LogP) is 2.15. The summed E-state index contributed by atoms with van der Waals surface area (Å²) in [4.78, 5) is 2.38. The van der Waals surface area contributed by atoms with Gasteiger partial charge in [-0.15, -0.1) is 0 Å². The molecule has 0 saturated carbocycles. The van der Waals surface area contributed by atoms with Gasteiger partial charge in [-0.2, -0.15) is 0 Å². The third-order valence-electron chi connectivity index (χ3n) is 3.79. The van der Waals surface area contributed by atoms with Gasteiger partial charge >= 0.3 is 6.92 Å². The van der Waals surface area contributed by atoms with Crippen LogP contribution in [0.15, 0.2) is 60.7 Å². The van der Waals surface area contributed by atoms with Gasteiger partial charge in [0.1, 0.15) is 0 Å². The molecule has 0 radical (unpaired) electrons. The standard InChI is InChI=1S/C18H24BNO/c1-3-20(4-2)15-16-21-19(17-11-7-5-8-12-17)18-13-9-6-10-14-18/h5-14H,3-4,15-16H2,1-2H3. The molecule has 0 unspecified atom stereocenters. The summed E-state index contributed by atoms with van der Waals surface area (Å²) in [5.74, 6) is 0. The second kappa shape index (κ2) is 8.65. The van der Waals surface area contributed by atoms with Crippen molar-refractivity contribution in [2.45, 2.75) is 13.8 Å². The molecule has 0 aliphatic heterocycles. The minimum atomic E-state index is 0.0166. The van der Waals surface area contributed by atoms with Crippen molar-refractivity contribution in [2.24, 2.45) is 0 Å². The molecule has 0 N–H and O–H groups in total. The first-order valence-corrected chi connectivity index (χ1v) is 7.79. The summed E-state index contributed by atoms with van der Waals surface area (Å²) in [6.07, 6.45) is 0. The normalized spacial score (nSPS) is 10.8. The van der Waals surface area contributed by atoms with Crippen molar-refractivity contribution in [3.05, 3.63) is 60.7 Å². The Morgan fingerprint density at radius 3 is 1.71 bits per heavy atom. The number of benzene rings is 2. The highest BCUT2D eigenvalue weighted by Crippen LogP contribution is 1.96. The summed E-state index contributed by atoms with van der Waals surface area (Å²) in [7, 11) is 0. The van der Waals surface area contributed by atoms with E-state index in [9.17, 15) is 0 Å². The minimum Gasteiger partial charge on any atom is -0.426 e. The predicted molar refractivity (Wildman–Crippen MR) is 91.6 cm³/mol. The van der Waals surface area contributed by atoms with E-state index in [-0.39, 0.29) is 6.92 Å². The van der Waals surface area contributed by atoms with Gasteiger partial charge in [0.2, 0.25) is 0 Å². The topological polar surface area (TPSA) is 12.5 Å². The van der Waals surface area contributed by atoms with Crippen molar-refractivity contribution in [3.63, 3.8) is 0 Å². The summed E-state index contributed by atoms with van der Waals surface area (Å²) in [5, 5.41) is 0. The van der Waals surface area contributed by atoms with E-state index in [0.29, 0.717) is 0 Å². The molecule has 0 aromatic heterocycles. The summed E-state index contributed by atoms with van der Waals surface area (Å²) >= 11 is 0. The van der Waals surface area contributed by atoms with Crippen LogP contribution >= 0.6 is 0 Å². The Morgan fingerprint density at radius 2 is 1.29 bits per heavy atom. The Kier molecular flexibility index (Phi) is 6.51. The van der Waals surface area contributed by atoms with Crippen molar-refractivity contribution in [3.8, 4) is 0 Å². The lowest BCUT2D eigenvalue weighted by molar-refractivity contribution is 0.227. The molecule has 0 atom stereocenters. The highest BCUT2D eigenvalue weighted by atomic mass is 16.4. The fourth-order valence-electron chi connectivity index (χ4n) is 2.48. The largest absolute Gasteiger partial charge is 0.426 e. The van der Waals surface area contributed by atoms with Crippen LogP contribution in [0.3, 0.4) is 0 Å². The number of rotatable bonds is 8. The van der Waals surface area contributed by atoms with E-state index in [1.54, 1.807) is 0 Å². The molecule has 2 nitrogen and oxygen atoms in total. The molecule has 0 bridgehead atoms. The summed E-state index contributed by atoms with van der Waals surface area (Å²) < 4.78 is 6.21. The van der Waals surface area contributed by atoms with Gasteiger partial charge < -0.3 is 9.55 Å². The lowest BCUT2D eigenvalue weighted by Gasteiger charge is -2.20. The maximum atomic E-state index is 6.21. The third-order valence-corrected chi connectivity index (χ3v) is 3.79. The van der Waals surface area contributed by atoms with Gasteiger partial charge in [0.25, 0.3) is 0 Å². The molecule has 0 saturated heterocycles. The van der Waals surface area contributed by atoms with Crippen LogP contribution in [0.5, 0.6) is 0 Å². The van der Waals surface area contributed by atoms with Gasteiger partial charge in [-0.05, 0) is 24.0 Å². The quantitative estimate of drug-likeness (QED) is 0.687. The molecule has 0 fully saturated rings. The van der Waals surface area contributed by atoms with E-state index in [1.165, 1.54) is 10.9 Å². The van der Waals surface area contributed by atoms with Crippen LogP contribution in [0.2, 0.25) is 0 Å². The Bertz CT molecular complexity index is 460. The van der Waals surface area contributed by atoms with Crippen LogP contribution in [0.4, 0.5) is 0 Å². The second-order valence-corrected chi connectivity index (χ2v) is 5.10. The molecule has 2 aromatic rings. The number of hydrogen-bond donors (Lipinski definition) is 0. The van der Waals surface area contributed by atoms with Crippen LogP contribution in [-0.2, 0) is 4.65 Å². The minimum absolute atomic E-state index is 0.0166. The zero-order valence-corrected chi connectivity index (χ0v) is 13.0. The molecule has 0 amide bonds. The molecule has 0 aliphatic rings. The van der Waals surface area contributed by atoms with Crippen LogP contribution in [-0.4, -0.2) is 38.1 Å². The molecule has 2 rings (SSSR count). The van der Waals surface area contributed by atoms with Crippen molar-refractivity contribution in [1.29, 1.82) is 0 Å². The average molecular weight is 281 g/mol. The molecular weight excluding hydrogens is 257 g/mol. The second-order valence-electron chi connectivity index (χ2n) is 5.10. The molecular formula is C18H24BNO. The van der Waals surface area contributed by atoms with Crippen LogP contribution < -0.4 is 10.9 Å². The van der Waals surface area contributed by atoms with Gasteiger partial charge in [0.05, 0.1) is 0 Å². The van der Waals surface area contributed by atoms with E-state index in [1.807, 2.05) is 12.1 Å². The highest BCUT2D eigenvalue weighted by molar-refractivity contribution is 6.80. The van der Waals surface area contributed by atoms with Crippen molar-refractivity contribution >= 4 is 17.8 Å². The summed E-state index contributed by atoms with van der Waals surface area (Å²) in [6, 6.07) is 20.9. The number of likely N-dealkylation sites (N-methyl/N-ethyl adjacent to an activating group) is 1. The Labute approximate surface area is 128 Å². The van der Waals surface area contributed by atoms with E-state index < -0.39 is 0 Å².